The van der Waals surface area contributed by atoms with Gasteiger partial charge in [0.2, 0.25) is 0 Å². The molecule has 2 aromatic carbocycles. The number of halogens is 2. The number of ether oxygens (including phenoxy) is 1. The summed E-state index contributed by atoms with van der Waals surface area (Å²) < 4.78 is 5.84. The van der Waals surface area contributed by atoms with Gasteiger partial charge in [-0.2, -0.15) is 0 Å². The lowest BCUT2D eigenvalue weighted by molar-refractivity contribution is -0.136. The monoisotopic (exact) mass is 334 g/mol. The lowest BCUT2D eigenvalue weighted by Crippen LogP contribution is -2.14. The van der Waals surface area contributed by atoms with Crippen molar-refractivity contribution in [1.82, 2.24) is 0 Å². The number of fused-ring (bicyclic) bond motifs is 1. The second kappa shape index (κ2) is 5.60. The molecule has 0 aromatic heterocycles. The van der Waals surface area contributed by atoms with E-state index in [1.165, 1.54) is 0 Å². The molecule has 0 heterocycles. The zero-order chi connectivity index (χ0) is 15.9. The molecule has 2 aromatic rings. The van der Waals surface area contributed by atoms with E-state index in [-0.39, 0.29) is 27.7 Å². The van der Waals surface area contributed by atoms with Gasteiger partial charge in [-0.25, -0.2) is 0 Å². The minimum absolute atomic E-state index is 0.0139. The third kappa shape index (κ3) is 2.73. The standard InChI is InChI=1S/C18H16Cl2O2/c1-18(2)13(10-15(19)20)16(18)17(21)22-14-9-5-7-11-6-3-4-8-12(11)14/h3-10,13,16H,1-2H3/t13-,16-/m1/s1. The molecule has 1 aliphatic carbocycles. The smallest absolute Gasteiger partial charge is 0.315 e. The van der Waals surface area contributed by atoms with E-state index < -0.39 is 0 Å². The molecule has 2 atom stereocenters. The predicted molar refractivity (Wildman–Crippen MR) is 90.1 cm³/mol. The number of hydrogen-bond acceptors (Lipinski definition) is 2. The summed E-state index contributed by atoms with van der Waals surface area (Å²) in [5, 5.41) is 1.97. The fourth-order valence-corrected chi connectivity index (χ4v) is 3.30. The Morgan fingerprint density at radius 2 is 1.82 bits per heavy atom. The highest BCUT2D eigenvalue weighted by molar-refractivity contribution is 6.55. The van der Waals surface area contributed by atoms with Gasteiger partial charge < -0.3 is 4.74 Å². The Morgan fingerprint density at radius 1 is 1.14 bits per heavy atom. The van der Waals surface area contributed by atoms with Gasteiger partial charge in [0.15, 0.2) is 0 Å². The Morgan fingerprint density at radius 3 is 2.55 bits per heavy atom. The maximum atomic E-state index is 12.5. The van der Waals surface area contributed by atoms with Crippen LogP contribution in [0, 0.1) is 17.3 Å². The summed E-state index contributed by atoms with van der Waals surface area (Å²) in [6, 6.07) is 13.5. The number of hydrogen-bond donors (Lipinski definition) is 0. The summed E-state index contributed by atoms with van der Waals surface area (Å²) >= 11 is 11.4. The molecule has 0 N–H and O–H groups in total. The van der Waals surface area contributed by atoms with Crippen LogP contribution >= 0.6 is 23.2 Å². The van der Waals surface area contributed by atoms with Gasteiger partial charge in [-0.15, -0.1) is 0 Å². The Balaban J connectivity index is 1.84. The molecular formula is C18H16Cl2O2. The summed E-state index contributed by atoms with van der Waals surface area (Å²) in [7, 11) is 0. The van der Waals surface area contributed by atoms with Gasteiger partial charge in [0.1, 0.15) is 10.2 Å². The largest absolute Gasteiger partial charge is 0.426 e. The molecule has 0 bridgehead atoms. The number of allylic oxidation sites excluding steroid dienone is 1. The zero-order valence-electron chi connectivity index (χ0n) is 12.3. The minimum atomic E-state index is -0.239. The summed E-state index contributed by atoms with van der Waals surface area (Å²) in [6.45, 7) is 4.03. The maximum Gasteiger partial charge on any atom is 0.315 e. The van der Waals surface area contributed by atoms with Crippen molar-refractivity contribution < 1.29 is 9.53 Å². The quantitative estimate of drug-likeness (QED) is 0.559. The first-order valence-electron chi connectivity index (χ1n) is 7.13. The second-order valence-corrected chi connectivity index (χ2v) is 7.19. The van der Waals surface area contributed by atoms with Gasteiger partial charge in [0.05, 0.1) is 5.92 Å². The van der Waals surface area contributed by atoms with Crippen LogP contribution in [0.15, 0.2) is 53.0 Å². The molecule has 114 valence electrons. The van der Waals surface area contributed by atoms with Gasteiger partial charge in [-0.05, 0) is 28.9 Å². The molecule has 0 amide bonds. The van der Waals surface area contributed by atoms with Gasteiger partial charge in [-0.1, -0.05) is 73.4 Å². The van der Waals surface area contributed by atoms with Crippen LogP contribution in [-0.2, 0) is 4.79 Å². The van der Waals surface area contributed by atoms with Gasteiger partial charge in [-0.3, -0.25) is 4.79 Å². The lowest BCUT2D eigenvalue weighted by Gasteiger charge is -2.08. The van der Waals surface area contributed by atoms with Crippen LogP contribution in [0.1, 0.15) is 13.8 Å². The van der Waals surface area contributed by atoms with Crippen molar-refractivity contribution in [2.45, 2.75) is 13.8 Å². The molecule has 0 radical (unpaired) electrons. The highest BCUT2D eigenvalue weighted by Gasteiger charge is 2.61. The molecule has 0 spiro atoms. The molecule has 22 heavy (non-hydrogen) atoms. The van der Waals surface area contributed by atoms with Gasteiger partial charge in [0.25, 0.3) is 0 Å². The van der Waals surface area contributed by atoms with E-state index >= 15 is 0 Å². The number of carbonyl (C=O) groups is 1. The molecule has 1 aliphatic rings. The molecular weight excluding hydrogens is 319 g/mol. The minimum Gasteiger partial charge on any atom is -0.426 e. The molecule has 1 fully saturated rings. The summed E-state index contributed by atoms with van der Waals surface area (Å²) in [5.74, 6) is 0.140. The Labute approximate surface area is 139 Å². The maximum absolute atomic E-state index is 12.5. The van der Waals surface area contributed by atoms with E-state index in [0.29, 0.717) is 5.75 Å². The van der Waals surface area contributed by atoms with Crippen molar-refractivity contribution in [3.8, 4) is 5.75 Å². The Hall–Kier alpha value is -1.51. The van der Waals surface area contributed by atoms with E-state index in [1.54, 1.807) is 6.08 Å². The van der Waals surface area contributed by atoms with Crippen molar-refractivity contribution in [1.29, 1.82) is 0 Å². The lowest BCUT2D eigenvalue weighted by atomic mass is 10.1. The molecule has 0 aliphatic heterocycles. The second-order valence-electron chi connectivity index (χ2n) is 6.18. The highest BCUT2D eigenvalue weighted by atomic mass is 35.5. The average Bonchev–Trinajstić information content (AvgIpc) is 2.99. The van der Waals surface area contributed by atoms with Crippen molar-refractivity contribution in [3.63, 3.8) is 0 Å². The Bertz CT molecular complexity index is 755. The van der Waals surface area contributed by atoms with E-state index in [1.807, 2.05) is 56.3 Å². The molecule has 3 rings (SSSR count). The molecule has 2 nitrogen and oxygen atoms in total. The topological polar surface area (TPSA) is 26.3 Å². The number of rotatable bonds is 3. The van der Waals surface area contributed by atoms with E-state index in [2.05, 4.69) is 0 Å². The van der Waals surface area contributed by atoms with E-state index in [9.17, 15) is 4.79 Å². The van der Waals surface area contributed by atoms with Crippen molar-refractivity contribution >= 4 is 39.9 Å². The molecule has 1 saturated carbocycles. The van der Waals surface area contributed by atoms with Crippen molar-refractivity contribution in [3.05, 3.63) is 53.0 Å². The SMILES string of the molecule is CC1(C)[C@H](C=C(Cl)Cl)[C@@H]1C(=O)Oc1cccc2ccccc12. The first-order chi connectivity index (χ1) is 10.4. The van der Waals surface area contributed by atoms with Gasteiger partial charge >= 0.3 is 5.97 Å². The molecule has 0 unspecified atom stereocenters. The first-order valence-corrected chi connectivity index (χ1v) is 7.89. The predicted octanol–water partition coefficient (Wildman–Crippen LogP) is 5.34. The van der Waals surface area contributed by atoms with Crippen LogP contribution in [0.4, 0.5) is 0 Å². The van der Waals surface area contributed by atoms with Crippen LogP contribution in [-0.4, -0.2) is 5.97 Å². The number of benzene rings is 2. The van der Waals surface area contributed by atoms with Gasteiger partial charge in [0, 0.05) is 5.39 Å². The summed E-state index contributed by atoms with van der Waals surface area (Å²) in [5.41, 5.74) is -0.184. The number of esters is 1. The fraction of sp³-hybridized carbons (Fsp3) is 0.278. The van der Waals surface area contributed by atoms with Crippen LogP contribution in [0.2, 0.25) is 0 Å². The van der Waals surface area contributed by atoms with Crippen LogP contribution in [0.25, 0.3) is 10.8 Å². The summed E-state index contributed by atoms with van der Waals surface area (Å²) in [4.78, 5) is 12.5. The zero-order valence-corrected chi connectivity index (χ0v) is 13.9. The third-order valence-electron chi connectivity index (χ3n) is 4.43. The van der Waals surface area contributed by atoms with Crippen LogP contribution < -0.4 is 4.74 Å². The van der Waals surface area contributed by atoms with Crippen LogP contribution in [0.3, 0.4) is 0 Å². The van der Waals surface area contributed by atoms with Crippen molar-refractivity contribution in [2.24, 2.45) is 17.3 Å². The fourth-order valence-electron chi connectivity index (χ4n) is 3.03. The van der Waals surface area contributed by atoms with E-state index in [4.69, 9.17) is 27.9 Å². The van der Waals surface area contributed by atoms with Crippen molar-refractivity contribution in [2.75, 3.05) is 0 Å². The highest BCUT2D eigenvalue weighted by Crippen LogP contribution is 2.60. The third-order valence-corrected chi connectivity index (χ3v) is 4.68. The first kappa shape index (κ1) is 15.4. The molecule has 0 saturated heterocycles. The van der Waals surface area contributed by atoms with Crippen LogP contribution in [0.5, 0.6) is 5.75 Å². The normalized spacial score (nSPS) is 22.2. The Kier molecular flexibility index (Phi) is 3.92. The molecule has 4 heteroatoms. The average molecular weight is 335 g/mol. The number of carbonyl (C=O) groups excluding carboxylic acids is 1. The van der Waals surface area contributed by atoms with E-state index in [0.717, 1.165) is 10.8 Å². The summed E-state index contributed by atoms with van der Waals surface area (Å²) in [6.07, 6.45) is 1.72.